The van der Waals surface area contributed by atoms with E-state index in [1.54, 1.807) is 12.3 Å². The number of aromatic nitrogens is 4. The highest BCUT2D eigenvalue weighted by Gasteiger charge is 2.47. The first-order chi connectivity index (χ1) is 19.3. The molecule has 4 heterocycles. The van der Waals surface area contributed by atoms with Gasteiger partial charge in [0.15, 0.2) is 5.65 Å². The number of halogens is 5. The number of carbonyl (C=O) groups is 2. The topological polar surface area (TPSA) is 118 Å². The molecule has 220 valence electrons. The Morgan fingerprint density at radius 2 is 1.98 bits per heavy atom. The second-order valence-corrected chi connectivity index (χ2v) is 11.5. The highest BCUT2D eigenvalue weighted by Crippen LogP contribution is 2.48. The lowest BCUT2D eigenvalue weighted by Gasteiger charge is -2.33. The number of imidazole rings is 1. The molecule has 15 heteroatoms. The van der Waals surface area contributed by atoms with Gasteiger partial charge < -0.3 is 20.1 Å². The lowest BCUT2D eigenvalue weighted by atomic mass is 9.81. The summed E-state index contributed by atoms with van der Waals surface area (Å²) in [7, 11) is 0. The molecule has 2 atom stereocenters. The Bertz CT molecular complexity index is 1470. The Morgan fingerprint density at radius 1 is 1.24 bits per heavy atom. The van der Waals surface area contributed by atoms with Crippen molar-refractivity contribution in [1.82, 2.24) is 35.3 Å². The molecule has 6 rings (SSSR count). The lowest BCUT2D eigenvalue weighted by Crippen LogP contribution is -2.40. The predicted octanol–water partition coefficient (Wildman–Crippen LogP) is 4.52. The number of nitrogens with one attached hydrogen (secondary N) is 2. The van der Waals surface area contributed by atoms with Crippen molar-refractivity contribution in [3.8, 4) is 0 Å². The van der Waals surface area contributed by atoms with E-state index in [0.29, 0.717) is 28.2 Å². The maximum atomic E-state index is 14.0. The molecule has 3 amide bonds. The van der Waals surface area contributed by atoms with E-state index in [1.165, 1.54) is 17.0 Å². The molecule has 3 aromatic heterocycles. The van der Waals surface area contributed by atoms with E-state index >= 15 is 0 Å². The molecular formula is C26H28F5N7O3. The van der Waals surface area contributed by atoms with E-state index in [1.807, 2.05) is 12.2 Å². The van der Waals surface area contributed by atoms with Crippen LogP contribution in [0.15, 0.2) is 29.2 Å². The monoisotopic (exact) mass is 581 g/mol. The fourth-order valence-corrected chi connectivity index (χ4v) is 5.61. The highest BCUT2D eigenvalue weighted by molar-refractivity contribution is 5.95. The molecule has 1 unspecified atom stereocenters. The Hall–Kier alpha value is -3.78. The fourth-order valence-electron chi connectivity index (χ4n) is 5.61. The minimum atomic E-state index is -4.56. The summed E-state index contributed by atoms with van der Waals surface area (Å²) in [5, 5.41) is 13.2. The van der Waals surface area contributed by atoms with Crippen LogP contribution in [0.25, 0.3) is 5.65 Å². The van der Waals surface area contributed by atoms with Gasteiger partial charge in [-0.3, -0.25) is 4.79 Å². The fraction of sp³-hybridized carbons (Fsp3) is 0.577. The van der Waals surface area contributed by atoms with Gasteiger partial charge in [-0.15, -0.1) is 0 Å². The zero-order valence-corrected chi connectivity index (χ0v) is 22.0. The van der Waals surface area contributed by atoms with Crippen molar-refractivity contribution in [1.29, 1.82) is 0 Å². The third kappa shape index (κ3) is 5.45. The Morgan fingerprint density at radius 3 is 2.63 bits per heavy atom. The number of alkyl halides is 5. The van der Waals surface area contributed by atoms with Crippen LogP contribution >= 0.6 is 0 Å². The van der Waals surface area contributed by atoms with Crippen molar-refractivity contribution in [2.24, 2.45) is 5.92 Å². The van der Waals surface area contributed by atoms with Gasteiger partial charge in [0.05, 0.1) is 30.7 Å². The summed E-state index contributed by atoms with van der Waals surface area (Å²) in [5.74, 6) is -3.53. The van der Waals surface area contributed by atoms with E-state index in [9.17, 15) is 31.5 Å². The summed E-state index contributed by atoms with van der Waals surface area (Å²) >= 11 is 0. The van der Waals surface area contributed by atoms with Crippen LogP contribution in [0.2, 0.25) is 0 Å². The molecule has 0 bridgehead atoms. The standard InChI is InChI=1S/C26H28F5N7O3/c1-24(6-7-24)21-16(13-41-36-21)22(39)35-20(15-2-4-25(27,28)5-3-15)17-11-38-19(33-17)8-14(9-32-38)10-37-12-18(26(29,30)31)34-23(37)40/h8-9,11,13,15,18,20H,2-7,10,12H2,1H3,(H,34,40)(H,35,39)/t18-,20?/m0/s1. The molecule has 2 aliphatic carbocycles. The average Bonchev–Trinajstić information content (AvgIpc) is 3.28. The number of fused-ring (bicyclic) bond motifs is 1. The minimum absolute atomic E-state index is 0.114. The molecule has 0 aromatic carbocycles. The first kappa shape index (κ1) is 27.4. The summed E-state index contributed by atoms with van der Waals surface area (Å²) in [6.45, 7) is 1.34. The summed E-state index contributed by atoms with van der Waals surface area (Å²) in [5.41, 5.74) is 1.81. The quantitative estimate of drug-likeness (QED) is 0.397. The molecule has 0 radical (unpaired) electrons. The molecule has 3 aromatic rings. The van der Waals surface area contributed by atoms with Crippen molar-refractivity contribution in [3.05, 3.63) is 47.2 Å². The highest BCUT2D eigenvalue weighted by atomic mass is 19.4. The third-order valence-corrected chi connectivity index (χ3v) is 8.38. The molecule has 1 aliphatic heterocycles. The molecule has 3 fully saturated rings. The van der Waals surface area contributed by atoms with Gasteiger partial charge >= 0.3 is 12.2 Å². The number of nitrogens with zero attached hydrogens (tertiary/aromatic N) is 5. The summed E-state index contributed by atoms with van der Waals surface area (Å²) in [6, 6.07) is -1.91. The van der Waals surface area contributed by atoms with Gasteiger partial charge in [-0.1, -0.05) is 12.1 Å². The zero-order chi connectivity index (χ0) is 29.2. The first-order valence-electron chi connectivity index (χ1n) is 13.4. The molecule has 41 heavy (non-hydrogen) atoms. The van der Waals surface area contributed by atoms with Crippen molar-refractivity contribution in [3.63, 3.8) is 0 Å². The molecular weight excluding hydrogens is 553 g/mol. The maximum absolute atomic E-state index is 14.0. The van der Waals surface area contributed by atoms with Crippen LogP contribution in [0.1, 0.15) is 78.8 Å². The lowest BCUT2D eigenvalue weighted by molar-refractivity contribution is -0.149. The van der Waals surface area contributed by atoms with Gasteiger partial charge in [0.1, 0.15) is 23.6 Å². The normalized spacial score (nSPS) is 23.0. The van der Waals surface area contributed by atoms with Gasteiger partial charge in [-0.05, 0) is 43.2 Å². The van der Waals surface area contributed by atoms with Crippen LogP contribution in [-0.2, 0) is 12.0 Å². The summed E-state index contributed by atoms with van der Waals surface area (Å²) < 4.78 is 73.6. The zero-order valence-electron chi connectivity index (χ0n) is 22.0. The van der Waals surface area contributed by atoms with Crippen LogP contribution in [-0.4, -0.2) is 61.3 Å². The Kier molecular flexibility index (Phi) is 6.45. The Labute approximate surface area is 230 Å². The van der Waals surface area contributed by atoms with Gasteiger partial charge in [0.2, 0.25) is 5.92 Å². The molecule has 2 N–H and O–H groups in total. The largest absolute Gasteiger partial charge is 0.410 e. The van der Waals surface area contributed by atoms with Gasteiger partial charge in [0, 0.05) is 24.8 Å². The molecule has 1 saturated heterocycles. The predicted molar refractivity (Wildman–Crippen MR) is 132 cm³/mol. The van der Waals surface area contributed by atoms with Gasteiger partial charge in [-0.2, -0.15) is 18.3 Å². The first-order valence-corrected chi connectivity index (χ1v) is 13.4. The average molecular weight is 582 g/mol. The molecule has 0 spiro atoms. The van der Waals surface area contributed by atoms with Crippen molar-refractivity contribution >= 4 is 17.6 Å². The second kappa shape index (κ2) is 9.65. The number of carbonyl (C=O) groups excluding carboxylic acids is 2. The number of rotatable bonds is 7. The molecule has 3 aliphatic rings. The second-order valence-electron chi connectivity index (χ2n) is 11.5. The smallest absolute Gasteiger partial charge is 0.364 e. The van der Waals surface area contributed by atoms with E-state index in [2.05, 4.69) is 20.6 Å². The van der Waals surface area contributed by atoms with Crippen LogP contribution in [0.4, 0.5) is 26.7 Å². The van der Waals surface area contributed by atoms with Crippen LogP contribution in [0.3, 0.4) is 0 Å². The van der Waals surface area contributed by atoms with E-state index in [4.69, 9.17) is 4.52 Å². The third-order valence-electron chi connectivity index (χ3n) is 8.38. The van der Waals surface area contributed by atoms with Crippen molar-refractivity contribution in [2.45, 2.75) is 81.6 Å². The maximum Gasteiger partial charge on any atom is 0.410 e. The number of amides is 3. The van der Waals surface area contributed by atoms with Gasteiger partial charge in [0.25, 0.3) is 5.91 Å². The van der Waals surface area contributed by atoms with Crippen LogP contribution in [0, 0.1) is 5.92 Å². The molecule has 2 saturated carbocycles. The Balaban J connectivity index is 1.25. The van der Waals surface area contributed by atoms with E-state index in [0.717, 1.165) is 17.7 Å². The minimum Gasteiger partial charge on any atom is -0.364 e. The number of hydrogen-bond donors (Lipinski definition) is 2. The van der Waals surface area contributed by atoms with E-state index < -0.39 is 42.7 Å². The molecule has 10 nitrogen and oxygen atoms in total. The summed E-state index contributed by atoms with van der Waals surface area (Å²) in [6.07, 6.45) is 1.20. The van der Waals surface area contributed by atoms with Crippen LogP contribution in [0.5, 0.6) is 0 Å². The van der Waals surface area contributed by atoms with Crippen molar-refractivity contribution in [2.75, 3.05) is 6.54 Å². The summed E-state index contributed by atoms with van der Waals surface area (Å²) in [4.78, 5) is 31.1. The van der Waals surface area contributed by atoms with Crippen LogP contribution < -0.4 is 10.6 Å². The van der Waals surface area contributed by atoms with Gasteiger partial charge in [-0.25, -0.2) is 23.1 Å². The SMILES string of the molecule is CC1(c2nocc2C(=O)NC(c2cn3ncc(CN4C[C@@H](C(F)(F)F)NC4=O)cc3n2)C2CCC(F)(F)CC2)CC1. The number of urea groups is 1. The number of hydrogen-bond acceptors (Lipinski definition) is 6. The van der Waals surface area contributed by atoms with E-state index in [-0.39, 0.29) is 43.6 Å². The van der Waals surface area contributed by atoms with Crippen molar-refractivity contribution < 1.29 is 36.1 Å².